The Bertz CT molecular complexity index is 5970. The van der Waals surface area contributed by atoms with Crippen molar-refractivity contribution < 1.29 is 57.4 Å². The Morgan fingerprint density at radius 1 is 0.400 bits per heavy atom. The van der Waals surface area contributed by atoms with Crippen LogP contribution in [0, 0.1) is 6.92 Å². The lowest BCUT2D eigenvalue weighted by Gasteiger charge is -2.29. The molecule has 110 heavy (non-hydrogen) atoms. The number of benzene rings is 11. The minimum absolute atomic E-state index is 0.00655. The molecule has 4 aromatic heterocycles. The molecule has 6 heterocycles. The summed E-state index contributed by atoms with van der Waals surface area (Å²) < 4.78 is 16.4. The number of aryl methyl sites for hydroxylation is 4. The number of amides is 4. The first kappa shape index (κ1) is 75.2. The average molecular weight is 1580 g/mol. The van der Waals surface area contributed by atoms with Crippen LogP contribution in [0.4, 0.5) is 0 Å². The largest absolute Gasteiger partial charge is 0.465 e. The second-order valence-corrected chi connectivity index (χ2v) is 28.3. The van der Waals surface area contributed by atoms with Gasteiger partial charge >= 0.3 is 24.1 Å². The Hall–Kier alpha value is -11.6. The van der Waals surface area contributed by atoms with Gasteiger partial charge in [0.15, 0.2) is 11.5 Å². The number of carbonyl (C=O) groups excluding carboxylic acids is 9. The maximum Gasteiger partial charge on any atom is 0.373 e. The lowest BCUT2D eigenvalue weighted by molar-refractivity contribution is -0.191. The molecule has 0 spiro atoms. The summed E-state index contributed by atoms with van der Waals surface area (Å²) in [5.74, 6) is -3.82. The van der Waals surface area contributed by atoms with Gasteiger partial charge < -0.3 is 19.9 Å². The summed E-state index contributed by atoms with van der Waals surface area (Å²) in [5.41, 5.74) is 13.7. The van der Waals surface area contributed by atoms with E-state index >= 15 is 0 Å². The SMILES string of the molecule is COC(=O)c1cnc2c3ccc(C(=O)Oc4c(Cl)cc(Cl)cc4Cl)c4c(C)cnc(c5ccc(C(=O)Oc6c(Cl)cc(Cl)cc6Cl)c1c52)c43.NCCCc1ccccc1.O=C1c2ccc3c4ncc5c6c(ccc(c7ncc(c2c37)C(=O)N1CCCc1ccccc1)c64)C(=O)N(CCCc1ccccc1)C5=O.O=C=O. The minimum Gasteiger partial charge on any atom is -0.465 e. The van der Waals surface area contributed by atoms with Gasteiger partial charge in [-0.2, -0.15) is 9.59 Å². The number of hydrogen-bond acceptors (Lipinski definition) is 17. The molecule has 546 valence electrons. The van der Waals surface area contributed by atoms with E-state index in [0.29, 0.717) is 124 Å². The van der Waals surface area contributed by atoms with Gasteiger partial charge in [0, 0.05) is 124 Å². The summed E-state index contributed by atoms with van der Waals surface area (Å²) in [6, 6.07) is 49.7. The van der Waals surface area contributed by atoms with Crippen LogP contribution >= 0.6 is 69.6 Å². The lowest BCUT2D eigenvalue weighted by atomic mass is 9.86. The van der Waals surface area contributed by atoms with Crippen LogP contribution in [0.2, 0.25) is 30.1 Å². The van der Waals surface area contributed by atoms with Gasteiger partial charge in [-0.1, -0.05) is 185 Å². The van der Waals surface area contributed by atoms with Crippen molar-refractivity contribution in [2.45, 2.75) is 45.4 Å². The highest BCUT2D eigenvalue weighted by molar-refractivity contribution is 6.43. The number of esters is 3. The van der Waals surface area contributed by atoms with Crippen LogP contribution < -0.4 is 15.2 Å². The second kappa shape index (κ2) is 31.9. The highest BCUT2D eigenvalue weighted by atomic mass is 35.5. The van der Waals surface area contributed by atoms with Crippen molar-refractivity contribution in [2.75, 3.05) is 26.7 Å². The number of halogens is 6. The third-order valence-electron chi connectivity index (χ3n) is 19.3. The van der Waals surface area contributed by atoms with Crippen molar-refractivity contribution in [2.24, 2.45) is 5.73 Å². The van der Waals surface area contributed by atoms with Gasteiger partial charge in [0.25, 0.3) is 23.6 Å². The highest BCUT2D eigenvalue weighted by Crippen LogP contribution is 2.48. The molecule has 0 saturated heterocycles. The highest BCUT2D eigenvalue weighted by Gasteiger charge is 2.38. The van der Waals surface area contributed by atoms with E-state index in [2.05, 4.69) is 29.2 Å². The molecule has 2 aliphatic heterocycles. The molecule has 11 aromatic carbocycles. The third kappa shape index (κ3) is 14.0. The van der Waals surface area contributed by atoms with Crippen LogP contribution in [0.5, 0.6) is 11.5 Å². The predicted molar refractivity (Wildman–Crippen MR) is 425 cm³/mol. The smallest absolute Gasteiger partial charge is 0.373 e. The molecule has 0 radical (unpaired) electrons. The number of ether oxygens (including phenoxy) is 3. The zero-order valence-electron chi connectivity index (χ0n) is 58.2. The summed E-state index contributed by atoms with van der Waals surface area (Å²) >= 11 is 37.3. The Kier molecular flexibility index (Phi) is 21.8. The molecule has 0 atom stereocenters. The summed E-state index contributed by atoms with van der Waals surface area (Å²) in [7, 11) is 1.22. The number of nitrogens with zero attached hydrogens (tertiary/aromatic N) is 6. The molecule has 15 aromatic rings. The fraction of sp³-hybridized carbons (Fsp3) is 0.129. The van der Waals surface area contributed by atoms with E-state index in [1.165, 1.54) is 59.0 Å². The van der Waals surface area contributed by atoms with E-state index in [0.717, 1.165) is 54.1 Å². The fourth-order valence-corrected chi connectivity index (χ4v) is 16.2. The quantitative estimate of drug-likeness (QED) is 0.0310. The van der Waals surface area contributed by atoms with Crippen molar-refractivity contribution in [3.63, 3.8) is 0 Å². The molecule has 25 heteroatoms. The molecule has 2 aliphatic rings. The van der Waals surface area contributed by atoms with Gasteiger partial charge in [-0.3, -0.25) is 48.9 Å². The lowest BCUT2D eigenvalue weighted by Crippen LogP contribution is -2.41. The minimum atomic E-state index is -0.856. The Labute approximate surface area is 655 Å². The van der Waals surface area contributed by atoms with E-state index in [9.17, 15) is 33.6 Å². The Balaban J connectivity index is 0.000000158. The van der Waals surface area contributed by atoms with Crippen LogP contribution in [-0.4, -0.2) is 104 Å². The van der Waals surface area contributed by atoms with Gasteiger partial charge in [0.2, 0.25) is 0 Å². The molecule has 0 unspecified atom stereocenters. The number of imide groups is 2. The zero-order valence-corrected chi connectivity index (χ0v) is 62.7. The number of aromatic nitrogens is 4. The van der Waals surface area contributed by atoms with Crippen LogP contribution in [0.15, 0.2) is 189 Å². The van der Waals surface area contributed by atoms with E-state index in [1.807, 2.05) is 78.9 Å². The number of nitrogens with two attached hydrogens (primary N) is 1. The first-order chi connectivity index (χ1) is 53.2. The van der Waals surface area contributed by atoms with E-state index < -0.39 is 17.9 Å². The van der Waals surface area contributed by atoms with Crippen LogP contribution in [0.25, 0.3) is 86.7 Å². The number of methoxy groups -OCH3 is 1. The summed E-state index contributed by atoms with van der Waals surface area (Å²) in [6.45, 7) is 3.20. The maximum atomic E-state index is 13.8. The number of carbonyl (C=O) groups is 7. The molecule has 0 fully saturated rings. The Morgan fingerprint density at radius 3 is 1.13 bits per heavy atom. The molecule has 17 rings (SSSR count). The van der Waals surface area contributed by atoms with Crippen molar-refractivity contribution >= 4 is 204 Å². The molecule has 0 aliphatic carbocycles. The van der Waals surface area contributed by atoms with Gasteiger partial charge in [0.05, 0.1) is 77.1 Å². The van der Waals surface area contributed by atoms with Gasteiger partial charge in [-0.15, -0.1) is 0 Å². The fourth-order valence-electron chi connectivity index (χ4n) is 14.4. The first-order valence-corrected chi connectivity index (χ1v) is 36.7. The Morgan fingerprint density at radius 2 is 0.736 bits per heavy atom. The van der Waals surface area contributed by atoms with Crippen LogP contribution in [0.1, 0.15) is 114 Å². The van der Waals surface area contributed by atoms with Crippen molar-refractivity contribution in [3.05, 3.63) is 280 Å². The van der Waals surface area contributed by atoms with Crippen molar-refractivity contribution in [1.29, 1.82) is 0 Å². The van der Waals surface area contributed by atoms with Crippen LogP contribution in [-0.2, 0) is 33.6 Å². The summed E-state index contributed by atoms with van der Waals surface area (Å²) in [5, 5.41) is 7.56. The molecule has 0 saturated carbocycles. The first-order valence-electron chi connectivity index (χ1n) is 34.4. The average Bonchev–Trinajstić information content (AvgIpc) is 0.697. The standard InChI is InChI=1S/C40H28N4O4.C35H16Cl6N2O6.C9H13N.CO2/c45-37-27-17-15-25-33-31(27)29(39(47)43(37)19-7-13-23-9-3-1-4-10-23)21-41-35(33)26-16-18-28-32-30(22-42-36(25)34(26)32)40(48)44(38(28)46)20-8-14-24-11-5-2-6-12-24;1-13-11-42-29-17-4-6-19(35(46)49-32-23(40)9-15(37)10-24(32)41)26-20(33(44)47-2)12-43-30(28(17)26)16-3-5-18(25(13)27(16)29)34(45)48-31-21(38)7-14(36)8-22(31)39;10-8-4-7-9-5-2-1-3-6-9;2-1-3/h1-6,9-12,15-18,21-22H,7-8,13-14,19-20H2;3-12H,1-2H3;1-3,5-6H,4,7-8,10H2;. The zero-order chi connectivity index (χ0) is 77.3. The molecule has 0 bridgehead atoms. The van der Waals surface area contributed by atoms with E-state index in [-0.39, 0.29) is 93.5 Å². The van der Waals surface area contributed by atoms with E-state index in [1.54, 1.807) is 55.8 Å². The van der Waals surface area contributed by atoms with Crippen molar-refractivity contribution in [3.8, 4) is 11.5 Å². The van der Waals surface area contributed by atoms with E-state index in [4.69, 9.17) is 114 Å². The van der Waals surface area contributed by atoms with Gasteiger partial charge in [-0.05, 0) is 123 Å². The van der Waals surface area contributed by atoms with Gasteiger partial charge in [0.1, 0.15) is 0 Å². The number of fused-ring (bicyclic) bond motifs is 4. The number of rotatable bonds is 16. The summed E-state index contributed by atoms with van der Waals surface area (Å²) in [4.78, 5) is 134. The molecule has 4 amide bonds. The van der Waals surface area contributed by atoms with Gasteiger partial charge in [-0.25, -0.2) is 14.4 Å². The predicted octanol–water partition coefficient (Wildman–Crippen LogP) is 19.0. The monoisotopic (exact) mass is 1580 g/mol. The molecular formula is C85H57Cl6N7O12. The topological polar surface area (TPSA) is 265 Å². The second-order valence-electron chi connectivity index (χ2n) is 25.8. The normalized spacial score (nSPS) is 12.4. The summed E-state index contributed by atoms with van der Waals surface area (Å²) in [6.07, 6.45) is 11.3. The number of pyridine rings is 4. The molecule has 2 N–H and O–H groups in total. The van der Waals surface area contributed by atoms with Crippen molar-refractivity contribution in [1.82, 2.24) is 29.7 Å². The number of hydrogen-bond donors (Lipinski definition) is 1. The maximum absolute atomic E-state index is 13.8. The molecule has 19 nitrogen and oxygen atoms in total. The van der Waals surface area contributed by atoms with Crippen LogP contribution in [0.3, 0.4) is 0 Å². The third-order valence-corrected chi connectivity index (χ3v) is 20.9. The molecular weight excluding hydrogens is 1520 g/mol.